The van der Waals surface area contributed by atoms with Crippen LogP contribution >= 0.6 is 0 Å². The molecule has 0 atom stereocenters. The number of rotatable bonds is 6. The summed E-state index contributed by atoms with van der Waals surface area (Å²) >= 11 is 0. The molecule has 1 N–H and O–H groups in total. The zero-order valence-corrected chi connectivity index (χ0v) is 12.0. The Hall–Kier alpha value is -1.39. The van der Waals surface area contributed by atoms with Crippen LogP contribution in [0.2, 0.25) is 0 Å². The minimum atomic E-state index is 0.242. The summed E-state index contributed by atoms with van der Waals surface area (Å²) in [6.45, 7) is 6.34. The first kappa shape index (κ1) is 14.0. The van der Waals surface area contributed by atoms with Crippen molar-refractivity contribution in [3.8, 4) is 0 Å². The summed E-state index contributed by atoms with van der Waals surface area (Å²) in [5, 5.41) is 14.8. The largest absolute Gasteiger partial charge is 0.396 e. The fraction of sp³-hybridized carbons (Fsp3) is 0.533. The van der Waals surface area contributed by atoms with E-state index in [9.17, 15) is 0 Å². The van der Waals surface area contributed by atoms with Crippen molar-refractivity contribution in [2.75, 3.05) is 13.2 Å². The van der Waals surface area contributed by atoms with Crippen molar-refractivity contribution in [3.05, 3.63) is 30.0 Å². The third-order valence-corrected chi connectivity index (χ3v) is 3.52. The standard InChI is InChI=1S/C15H23N3O/c1-12(2)18(9-6-10-19)11-14-13-7-4-5-8-15(13)17(3)16-14/h4-5,7-8,12,19H,6,9-11H2,1-3H3. The van der Waals surface area contributed by atoms with E-state index in [0.29, 0.717) is 6.04 Å². The molecule has 0 saturated carbocycles. The summed E-state index contributed by atoms with van der Waals surface area (Å²) in [4.78, 5) is 2.35. The number of nitrogens with zero attached hydrogens (tertiary/aromatic N) is 3. The lowest BCUT2D eigenvalue weighted by Gasteiger charge is -2.25. The molecular weight excluding hydrogens is 238 g/mol. The highest BCUT2D eigenvalue weighted by Crippen LogP contribution is 2.19. The van der Waals surface area contributed by atoms with E-state index >= 15 is 0 Å². The Balaban J connectivity index is 2.23. The Morgan fingerprint density at radius 2 is 2.05 bits per heavy atom. The number of aryl methyl sites for hydroxylation is 1. The normalized spacial score (nSPS) is 11.9. The fourth-order valence-electron chi connectivity index (χ4n) is 2.39. The molecule has 19 heavy (non-hydrogen) atoms. The van der Waals surface area contributed by atoms with E-state index in [2.05, 4.69) is 42.0 Å². The van der Waals surface area contributed by atoms with Gasteiger partial charge in [-0.3, -0.25) is 9.58 Å². The Bertz CT molecular complexity index is 533. The molecule has 1 aromatic carbocycles. The van der Waals surface area contributed by atoms with Gasteiger partial charge in [0.15, 0.2) is 0 Å². The first-order chi connectivity index (χ1) is 9.13. The van der Waals surface area contributed by atoms with Gasteiger partial charge in [-0.25, -0.2) is 0 Å². The van der Waals surface area contributed by atoms with Crippen molar-refractivity contribution >= 4 is 10.9 Å². The van der Waals surface area contributed by atoms with Crippen molar-refractivity contribution in [1.82, 2.24) is 14.7 Å². The van der Waals surface area contributed by atoms with Gasteiger partial charge in [-0.2, -0.15) is 5.10 Å². The van der Waals surface area contributed by atoms with E-state index in [0.717, 1.165) is 25.2 Å². The number of benzene rings is 1. The predicted octanol–water partition coefficient (Wildman–Crippen LogP) is 2.17. The summed E-state index contributed by atoms with van der Waals surface area (Å²) in [5.41, 5.74) is 2.29. The molecule has 4 nitrogen and oxygen atoms in total. The smallest absolute Gasteiger partial charge is 0.0843 e. The average Bonchev–Trinajstić information content (AvgIpc) is 2.72. The Kier molecular flexibility index (Phi) is 4.56. The summed E-state index contributed by atoms with van der Waals surface area (Å²) in [5.74, 6) is 0. The molecule has 0 aliphatic rings. The molecule has 0 aliphatic carbocycles. The van der Waals surface area contributed by atoms with Crippen molar-refractivity contribution in [2.45, 2.75) is 32.9 Å². The second-order valence-corrected chi connectivity index (χ2v) is 5.23. The molecule has 2 aromatic rings. The topological polar surface area (TPSA) is 41.3 Å². The summed E-state index contributed by atoms with van der Waals surface area (Å²) in [6.07, 6.45) is 0.808. The van der Waals surface area contributed by atoms with Gasteiger partial charge in [0.25, 0.3) is 0 Å². The van der Waals surface area contributed by atoms with E-state index in [1.165, 1.54) is 10.9 Å². The van der Waals surface area contributed by atoms with E-state index in [4.69, 9.17) is 5.11 Å². The van der Waals surface area contributed by atoms with Crippen LogP contribution in [-0.4, -0.2) is 39.0 Å². The Morgan fingerprint density at radius 1 is 1.32 bits per heavy atom. The summed E-state index contributed by atoms with van der Waals surface area (Å²) in [7, 11) is 1.99. The monoisotopic (exact) mass is 261 g/mol. The van der Waals surface area contributed by atoms with Crippen molar-refractivity contribution in [3.63, 3.8) is 0 Å². The van der Waals surface area contributed by atoms with Crippen LogP contribution < -0.4 is 0 Å². The van der Waals surface area contributed by atoms with E-state index in [1.807, 2.05) is 17.8 Å². The molecule has 2 rings (SSSR count). The van der Waals surface area contributed by atoms with Crippen LogP contribution in [0.4, 0.5) is 0 Å². The summed E-state index contributed by atoms with van der Waals surface area (Å²) in [6, 6.07) is 8.77. The zero-order chi connectivity index (χ0) is 13.8. The molecule has 0 aliphatic heterocycles. The number of aliphatic hydroxyl groups is 1. The van der Waals surface area contributed by atoms with Gasteiger partial charge in [0.2, 0.25) is 0 Å². The van der Waals surface area contributed by atoms with E-state index in [-0.39, 0.29) is 6.61 Å². The van der Waals surface area contributed by atoms with Gasteiger partial charge in [0.05, 0.1) is 11.2 Å². The minimum absolute atomic E-state index is 0.242. The lowest BCUT2D eigenvalue weighted by atomic mass is 10.2. The SMILES string of the molecule is CC(C)N(CCCO)Cc1nn(C)c2ccccc12. The van der Waals surface area contributed by atoms with Crippen LogP contribution in [0.15, 0.2) is 24.3 Å². The van der Waals surface area contributed by atoms with Gasteiger partial charge in [0.1, 0.15) is 0 Å². The molecular formula is C15H23N3O. The lowest BCUT2D eigenvalue weighted by molar-refractivity contribution is 0.183. The van der Waals surface area contributed by atoms with Gasteiger partial charge in [0, 0.05) is 38.2 Å². The molecule has 1 aromatic heterocycles. The zero-order valence-electron chi connectivity index (χ0n) is 12.0. The quantitative estimate of drug-likeness (QED) is 0.866. The second-order valence-electron chi connectivity index (χ2n) is 5.23. The maximum atomic E-state index is 8.99. The molecule has 1 heterocycles. The van der Waals surface area contributed by atoms with Crippen LogP contribution in [0.25, 0.3) is 10.9 Å². The maximum Gasteiger partial charge on any atom is 0.0843 e. The molecule has 0 fully saturated rings. The third kappa shape index (κ3) is 3.14. The molecule has 0 bridgehead atoms. The molecule has 0 saturated heterocycles. The van der Waals surface area contributed by atoms with Crippen LogP contribution in [0, 0.1) is 0 Å². The van der Waals surface area contributed by atoms with E-state index < -0.39 is 0 Å². The molecule has 4 heteroatoms. The highest BCUT2D eigenvalue weighted by atomic mass is 16.3. The number of fused-ring (bicyclic) bond motifs is 1. The molecule has 0 radical (unpaired) electrons. The number of para-hydroxylation sites is 1. The number of hydrogen-bond acceptors (Lipinski definition) is 3. The minimum Gasteiger partial charge on any atom is -0.396 e. The molecule has 0 amide bonds. The highest BCUT2D eigenvalue weighted by Gasteiger charge is 2.14. The number of aromatic nitrogens is 2. The lowest BCUT2D eigenvalue weighted by Crippen LogP contribution is -2.32. The van der Waals surface area contributed by atoms with E-state index in [1.54, 1.807) is 0 Å². The third-order valence-electron chi connectivity index (χ3n) is 3.52. The molecule has 104 valence electrons. The molecule has 0 unspecified atom stereocenters. The van der Waals surface area contributed by atoms with Crippen LogP contribution in [0.3, 0.4) is 0 Å². The van der Waals surface area contributed by atoms with Crippen LogP contribution in [0.5, 0.6) is 0 Å². The Labute approximate surface area is 114 Å². The van der Waals surface area contributed by atoms with Gasteiger partial charge in [-0.05, 0) is 26.3 Å². The average molecular weight is 261 g/mol. The van der Waals surface area contributed by atoms with Crippen molar-refractivity contribution in [2.24, 2.45) is 7.05 Å². The first-order valence-electron chi connectivity index (χ1n) is 6.89. The predicted molar refractivity (Wildman–Crippen MR) is 78.0 cm³/mol. The van der Waals surface area contributed by atoms with Gasteiger partial charge < -0.3 is 5.11 Å². The van der Waals surface area contributed by atoms with Crippen LogP contribution in [-0.2, 0) is 13.6 Å². The van der Waals surface area contributed by atoms with Crippen molar-refractivity contribution < 1.29 is 5.11 Å². The van der Waals surface area contributed by atoms with Gasteiger partial charge in [-0.1, -0.05) is 18.2 Å². The van der Waals surface area contributed by atoms with Gasteiger partial charge >= 0.3 is 0 Å². The van der Waals surface area contributed by atoms with Crippen LogP contribution in [0.1, 0.15) is 26.0 Å². The highest BCUT2D eigenvalue weighted by molar-refractivity contribution is 5.81. The van der Waals surface area contributed by atoms with Crippen molar-refractivity contribution in [1.29, 1.82) is 0 Å². The summed E-state index contributed by atoms with van der Waals surface area (Å²) < 4.78 is 1.94. The number of aliphatic hydroxyl groups excluding tert-OH is 1. The fourth-order valence-corrected chi connectivity index (χ4v) is 2.39. The molecule has 0 spiro atoms. The van der Waals surface area contributed by atoms with Gasteiger partial charge in [-0.15, -0.1) is 0 Å². The first-order valence-corrected chi connectivity index (χ1v) is 6.89. The number of hydrogen-bond donors (Lipinski definition) is 1. The Morgan fingerprint density at radius 3 is 2.74 bits per heavy atom. The second kappa shape index (κ2) is 6.17. The maximum absolute atomic E-state index is 8.99.